The van der Waals surface area contributed by atoms with Gasteiger partial charge < -0.3 is 0 Å². The molecule has 13 heavy (non-hydrogen) atoms. The zero-order chi connectivity index (χ0) is 10.1. The van der Waals surface area contributed by atoms with Crippen LogP contribution in [0.1, 0.15) is 10.5 Å². The first kappa shape index (κ1) is 10.5. The zero-order valence-electron chi connectivity index (χ0n) is 8.16. The number of aromatic nitrogens is 1. The van der Waals surface area contributed by atoms with Gasteiger partial charge in [0.1, 0.15) is 0 Å². The molecule has 1 rings (SSSR count). The standard InChI is InChI=1S/C6H5N2O.3CH3.Sn/c7-6(9)5-3-1-2-4-8-5;;;;/h1-2,4H,(H2,7,9);3*1H3;. The third-order valence-electron chi connectivity index (χ3n) is 1.85. The number of nitrogens with two attached hydrogens (primary N) is 1. The molecule has 1 aromatic heterocycles. The topological polar surface area (TPSA) is 56.0 Å². The molecule has 0 unspecified atom stereocenters. The Labute approximate surface area is 82.2 Å². The van der Waals surface area contributed by atoms with Crippen LogP contribution in [0.4, 0.5) is 0 Å². The average Bonchev–Trinajstić information content (AvgIpc) is 2.03. The van der Waals surface area contributed by atoms with Crippen LogP contribution in [-0.4, -0.2) is 29.3 Å². The fraction of sp³-hybridized carbons (Fsp3) is 0.333. The van der Waals surface area contributed by atoms with Crippen LogP contribution < -0.4 is 9.31 Å². The second-order valence-corrected chi connectivity index (χ2v) is 18.4. The summed E-state index contributed by atoms with van der Waals surface area (Å²) in [6.45, 7) is 0. The average molecular weight is 285 g/mol. The maximum atomic E-state index is 11.1. The molecule has 0 fully saturated rings. The molecular formula is C9H14N2OSn. The van der Waals surface area contributed by atoms with Crippen molar-refractivity contribution in [3.8, 4) is 0 Å². The van der Waals surface area contributed by atoms with Crippen molar-refractivity contribution in [2.24, 2.45) is 5.73 Å². The summed E-state index contributed by atoms with van der Waals surface area (Å²) in [5, 5.41) is 0. The van der Waals surface area contributed by atoms with Crippen LogP contribution in [0.3, 0.4) is 0 Å². The van der Waals surface area contributed by atoms with Gasteiger partial charge in [0, 0.05) is 0 Å². The third kappa shape index (κ3) is 2.43. The van der Waals surface area contributed by atoms with Crippen molar-refractivity contribution in [3.05, 3.63) is 24.0 Å². The summed E-state index contributed by atoms with van der Waals surface area (Å²) in [6, 6.07) is 3.84. The number of carbonyl (C=O) groups is 1. The molecule has 0 aromatic carbocycles. The van der Waals surface area contributed by atoms with Crippen molar-refractivity contribution in [2.45, 2.75) is 14.8 Å². The van der Waals surface area contributed by atoms with Crippen LogP contribution in [0, 0.1) is 0 Å². The fourth-order valence-electron chi connectivity index (χ4n) is 1.21. The van der Waals surface area contributed by atoms with E-state index in [4.69, 9.17) is 5.73 Å². The van der Waals surface area contributed by atoms with Gasteiger partial charge in [-0.1, -0.05) is 0 Å². The molecule has 0 saturated heterocycles. The number of pyridine rings is 1. The third-order valence-corrected chi connectivity index (χ3v) is 7.61. The molecule has 70 valence electrons. The van der Waals surface area contributed by atoms with E-state index in [2.05, 4.69) is 19.8 Å². The Bertz CT molecular complexity index is 331. The number of amides is 1. The predicted molar refractivity (Wildman–Crippen MR) is 55.7 cm³/mol. The van der Waals surface area contributed by atoms with Crippen LogP contribution in [0.15, 0.2) is 18.3 Å². The Morgan fingerprint density at radius 2 is 2.08 bits per heavy atom. The van der Waals surface area contributed by atoms with E-state index >= 15 is 0 Å². The van der Waals surface area contributed by atoms with Gasteiger partial charge in [0.05, 0.1) is 0 Å². The molecule has 0 bridgehead atoms. The van der Waals surface area contributed by atoms with E-state index in [1.165, 1.54) is 0 Å². The van der Waals surface area contributed by atoms with Crippen molar-refractivity contribution in [2.75, 3.05) is 0 Å². The summed E-state index contributed by atoms with van der Waals surface area (Å²) in [7, 11) is 0. The van der Waals surface area contributed by atoms with E-state index in [1.54, 1.807) is 6.20 Å². The van der Waals surface area contributed by atoms with E-state index in [1.807, 2.05) is 12.1 Å². The van der Waals surface area contributed by atoms with Crippen molar-refractivity contribution in [1.82, 2.24) is 4.98 Å². The Hall–Kier alpha value is -0.581. The summed E-state index contributed by atoms with van der Waals surface area (Å²) in [5.74, 6) is -0.415. The van der Waals surface area contributed by atoms with Gasteiger partial charge in [-0.15, -0.1) is 0 Å². The Morgan fingerprint density at radius 1 is 1.46 bits per heavy atom. The number of nitrogens with zero attached hydrogens (tertiary/aromatic N) is 1. The van der Waals surface area contributed by atoms with Crippen LogP contribution in [0.25, 0.3) is 0 Å². The van der Waals surface area contributed by atoms with Gasteiger partial charge in [0.25, 0.3) is 0 Å². The van der Waals surface area contributed by atoms with Gasteiger partial charge in [-0.05, 0) is 0 Å². The molecule has 4 heteroatoms. The van der Waals surface area contributed by atoms with Gasteiger partial charge >= 0.3 is 82.2 Å². The molecule has 0 spiro atoms. The molecule has 0 aliphatic heterocycles. The molecule has 0 atom stereocenters. The molecule has 1 amide bonds. The van der Waals surface area contributed by atoms with Crippen LogP contribution in [0.5, 0.6) is 0 Å². The summed E-state index contributed by atoms with van der Waals surface area (Å²) in [6.07, 6.45) is 1.61. The number of carbonyl (C=O) groups excluding carboxylic acids is 1. The monoisotopic (exact) mass is 286 g/mol. The number of rotatable bonds is 2. The summed E-state index contributed by atoms with van der Waals surface area (Å²) in [4.78, 5) is 21.8. The van der Waals surface area contributed by atoms with E-state index in [0.717, 1.165) is 3.58 Å². The van der Waals surface area contributed by atoms with E-state index in [0.29, 0.717) is 5.69 Å². The van der Waals surface area contributed by atoms with Crippen LogP contribution in [0.2, 0.25) is 14.8 Å². The molecule has 1 aromatic rings. The van der Waals surface area contributed by atoms with Crippen molar-refractivity contribution < 1.29 is 4.79 Å². The summed E-state index contributed by atoms with van der Waals surface area (Å²) >= 11 is -2.22. The van der Waals surface area contributed by atoms with Gasteiger partial charge in [-0.25, -0.2) is 0 Å². The van der Waals surface area contributed by atoms with Gasteiger partial charge in [-0.3, -0.25) is 0 Å². The zero-order valence-corrected chi connectivity index (χ0v) is 11.0. The first-order valence-corrected chi connectivity index (χ1v) is 14.2. The SMILES string of the molecule is [CH3][Sn]([CH3])([CH3])[c]1cccnc1C(N)=O. The summed E-state index contributed by atoms with van der Waals surface area (Å²) in [5.41, 5.74) is 5.71. The molecule has 0 radical (unpaired) electrons. The first-order chi connectivity index (χ1) is 5.93. The number of primary amides is 1. The molecule has 0 aliphatic rings. The minimum atomic E-state index is -2.22. The molecule has 3 nitrogen and oxygen atoms in total. The Morgan fingerprint density at radius 3 is 2.46 bits per heavy atom. The molecular weight excluding hydrogens is 271 g/mol. The van der Waals surface area contributed by atoms with Crippen molar-refractivity contribution >= 4 is 27.9 Å². The maximum absolute atomic E-state index is 11.1. The van der Waals surface area contributed by atoms with E-state index < -0.39 is 24.3 Å². The quantitative estimate of drug-likeness (QED) is 0.814. The van der Waals surface area contributed by atoms with Gasteiger partial charge in [-0.2, -0.15) is 0 Å². The predicted octanol–water partition coefficient (Wildman–Crippen LogP) is 0.726. The Balaban J connectivity index is 3.28. The first-order valence-electron chi connectivity index (χ1n) is 4.18. The Kier molecular flexibility index (Phi) is 2.95. The molecule has 1 heterocycles. The summed E-state index contributed by atoms with van der Waals surface area (Å²) < 4.78 is 1.10. The van der Waals surface area contributed by atoms with Crippen molar-refractivity contribution in [3.63, 3.8) is 0 Å². The number of hydrogen-bond acceptors (Lipinski definition) is 2. The molecule has 0 saturated carbocycles. The van der Waals surface area contributed by atoms with Gasteiger partial charge in [0.15, 0.2) is 0 Å². The number of hydrogen-bond donors (Lipinski definition) is 1. The second kappa shape index (κ2) is 3.65. The fourth-order valence-corrected chi connectivity index (χ4v) is 5.47. The van der Waals surface area contributed by atoms with Crippen molar-refractivity contribution in [1.29, 1.82) is 0 Å². The second-order valence-electron chi connectivity index (χ2n) is 4.01. The van der Waals surface area contributed by atoms with E-state index in [-0.39, 0.29) is 0 Å². The minimum absolute atomic E-state index is 0.415. The molecule has 2 N–H and O–H groups in total. The van der Waals surface area contributed by atoms with Crippen LogP contribution >= 0.6 is 0 Å². The molecule has 0 aliphatic carbocycles. The van der Waals surface area contributed by atoms with E-state index in [9.17, 15) is 4.79 Å². The van der Waals surface area contributed by atoms with Crippen LogP contribution in [-0.2, 0) is 0 Å². The van der Waals surface area contributed by atoms with Gasteiger partial charge in [0.2, 0.25) is 0 Å². The normalized spacial score (nSPS) is 11.3.